The molecule has 3 aromatic carbocycles. The van der Waals surface area contributed by atoms with E-state index in [9.17, 15) is 18.0 Å². The molecule has 1 unspecified atom stereocenters. The summed E-state index contributed by atoms with van der Waals surface area (Å²) < 4.78 is 29.4. The minimum atomic E-state index is -4.13. The lowest BCUT2D eigenvalue weighted by molar-refractivity contribution is -0.139. The summed E-state index contributed by atoms with van der Waals surface area (Å²) in [5.74, 6) is -0.902. The lowest BCUT2D eigenvalue weighted by Crippen LogP contribution is -2.51. The van der Waals surface area contributed by atoms with Crippen LogP contribution in [0, 0.1) is 6.92 Å². The van der Waals surface area contributed by atoms with E-state index in [4.69, 9.17) is 23.2 Å². The first-order chi connectivity index (χ1) is 18.4. The van der Waals surface area contributed by atoms with Gasteiger partial charge in [-0.15, -0.1) is 0 Å². The van der Waals surface area contributed by atoms with Crippen LogP contribution in [0.15, 0.2) is 76.1 Å². The Morgan fingerprint density at radius 2 is 1.62 bits per heavy atom. The van der Waals surface area contributed by atoms with E-state index in [0.29, 0.717) is 27.8 Å². The van der Waals surface area contributed by atoms with Gasteiger partial charge in [0, 0.05) is 17.6 Å². The summed E-state index contributed by atoms with van der Waals surface area (Å²) in [6.07, 6.45) is 0.728. The number of hydrogen-bond acceptors (Lipinski definition) is 4. The highest BCUT2D eigenvalue weighted by Crippen LogP contribution is 2.27. The van der Waals surface area contributed by atoms with Crippen molar-refractivity contribution in [3.8, 4) is 0 Å². The van der Waals surface area contributed by atoms with Crippen molar-refractivity contribution in [1.29, 1.82) is 0 Å². The maximum atomic E-state index is 13.9. The summed E-state index contributed by atoms with van der Waals surface area (Å²) in [6.45, 7) is 5.34. The molecule has 2 amide bonds. The second-order valence-electron chi connectivity index (χ2n) is 9.04. The number of anilines is 1. The first-order valence-electron chi connectivity index (χ1n) is 12.3. The van der Waals surface area contributed by atoms with Gasteiger partial charge in [0.25, 0.3) is 10.0 Å². The van der Waals surface area contributed by atoms with E-state index in [1.54, 1.807) is 61.5 Å². The van der Waals surface area contributed by atoms with Crippen LogP contribution in [0.5, 0.6) is 0 Å². The molecule has 0 saturated carbocycles. The Morgan fingerprint density at radius 3 is 2.21 bits per heavy atom. The quantitative estimate of drug-likeness (QED) is 0.267. The van der Waals surface area contributed by atoms with E-state index >= 15 is 0 Å². The van der Waals surface area contributed by atoms with Crippen molar-refractivity contribution in [2.75, 3.05) is 17.4 Å². The average Bonchev–Trinajstić information content (AvgIpc) is 2.91. The van der Waals surface area contributed by atoms with Gasteiger partial charge in [-0.1, -0.05) is 69.8 Å². The summed E-state index contributed by atoms with van der Waals surface area (Å²) in [6, 6.07) is 17.1. The molecule has 0 heterocycles. The van der Waals surface area contributed by atoms with E-state index in [2.05, 4.69) is 21.2 Å². The van der Waals surface area contributed by atoms with Gasteiger partial charge in [-0.05, 0) is 74.4 Å². The second kappa shape index (κ2) is 13.7. The largest absolute Gasteiger partial charge is 0.354 e. The highest BCUT2D eigenvalue weighted by atomic mass is 79.9. The molecule has 11 heteroatoms. The predicted molar refractivity (Wildman–Crippen MR) is 160 cm³/mol. The highest BCUT2D eigenvalue weighted by Gasteiger charge is 2.32. The van der Waals surface area contributed by atoms with E-state index in [-0.39, 0.29) is 17.3 Å². The highest BCUT2D eigenvalue weighted by molar-refractivity contribution is 9.10. The number of benzene rings is 3. The molecule has 1 atom stereocenters. The number of carbonyl (C=O) groups is 2. The fourth-order valence-corrected chi connectivity index (χ4v) is 5.79. The van der Waals surface area contributed by atoms with Gasteiger partial charge < -0.3 is 10.2 Å². The summed E-state index contributed by atoms with van der Waals surface area (Å²) in [7, 11) is -4.13. The molecule has 0 spiro atoms. The van der Waals surface area contributed by atoms with Gasteiger partial charge in [0.1, 0.15) is 12.6 Å². The van der Waals surface area contributed by atoms with Gasteiger partial charge in [-0.25, -0.2) is 8.42 Å². The van der Waals surface area contributed by atoms with Gasteiger partial charge in [-0.3, -0.25) is 13.9 Å². The summed E-state index contributed by atoms with van der Waals surface area (Å²) in [5.41, 5.74) is 1.86. The molecule has 0 aliphatic heterocycles. The summed E-state index contributed by atoms with van der Waals surface area (Å²) >= 11 is 15.6. The molecular weight excluding hydrogens is 625 g/mol. The van der Waals surface area contributed by atoms with E-state index in [1.165, 1.54) is 17.0 Å². The van der Waals surface area contributed by atoms with Crippen molar-refractivity contribution < 1.29 is 18.0 Å². The SMILES string of the molecule is CCCNC(=O)C(C)N(Cc1ccc(Cl)c(Cl)c1)C(=O)CN(c1ccc(Br)cc1)S(=O)(=O)c1ccc(C)cc1. The Morgan fingerprint density at radius 1 is 0.974 bits per heavy atom. The summed E-state index contributed by atoms with van der Waals surface area (Å²) in [5, 5.41) is 3.48. The number of hydrogen-bond donors (Lipinski definition) is 1. The van der Waals surface area contributed by atoms with Crippen LogP contribution in [0.2, 0.25) is 10.0 Å². The molecule has 0 bridgehead atoms. The minimum Gasteiger partial charge on any atom is -0.354 e. The molecule has 1 N–H and O–H groups in total. The van der Waals surface area contributed by atoms with Crippen molar-refractivity contribution >= 4 is 66.7 Å². The normalized spacial score (nSPS) is 12.1. The molecule has 0 aromatic heterocycles. The van der Waals surface area contributed by atoms with Crippen LogP contribution in [-0.2, 0) is 26.2 Å². The van der Waals surface area contributed by atoms with Gasteiger partial charge in [-0.2, -0.15) is 0 Å². The van der Waals surface area contributed by atoms with Crippen LogP contribution in [0.4, 0.5) is 5.69 Å². The molecule has 7 nitrogen and oxygen atoms in total. The van der Waals surface area contributed by atoms with Crippen molar-refractivity contribution in [3.63, 3.8) is 0 Å². The maximum Gasteiger partial charge on any atom is 0.264 e. The molecule has 0 saturated heterocycles. The first kappa shape index (κ1) is 30.9. The second-order valence-corrected chi connectivity index (χ2v) is 12.6. The van der Waals surface area contributed by atoms with Gasteiger partial charge >= 0.3 is 0 Å². The Bertz CT molecular complexity index is 1420. The van der Waals surface area contributed by atoms with Crippen LogP contribution in [0.25, 0.3) is 0 Å². The Balaban J connectivity index is 2.02. The fourth-order valence-electron chi connectivity index (χ4n) is 3.79. The number of halogens is 3. The van der Waals surface area contributed by atoms with Crippen LogP contribution >= 0.6 is 39.1 Å². The third kappa shape index (κ3) is 7.97. The smallest absolute Gasteiger partial charge is 0.264 e. The number of aryl methyl sites for hydroxylation is 1. The van der Waals surface area contributed by atoms with Crippen molar-refractivity contribution in [3.05, 3.63) is 92.4 Å². The minimum absolute atomic E-state index is 0.0230. The standard InChI is InChI=1S/C28H30BrCl2N3O4S/c1-4-15-32-28(36)20(3)33(17-21-7-14-25(30)26(31)16-21)27(35)18-34(23-10-8-22(29)9-11-23)39(37,38)24-12-5-19(2)6-13-24/h5-14,16,20H,4,15,17-18H2,1-3H3,(H,32,36). The van der Waals surface area contributed by atoms with Crippen molar-refractivity contribution in [1.82, 2.24) is 10.2 Å². The Hall–Kier alpha value is -2.59. The van der Waals surface area contributed by atoms with Crippen LogP contribution in [0.1, 0.15) is 31.4 Å². The molecule has 0 radical (unpaired) electrons. The number of carbonyl (C=O) groups excluding carboxylic acids is 2. The Labute approximate surface area is 248 Å². The molecule has 3 aromatic rings. The van der Waals surface area contributed by atoms with Crippen LogP contribution in [-0.4, -0.2) is 44.3 Å². The average molecular weight is 655 g/mol. The van der Waals surface area contributed by atoms with E-state index < -0.39 is 28.5 Å². The van der Waals surface area contributed by atoms with E-state index in [1.807, 2.05) is 13.8 Å². The summed E-state index contributed by atoms with van der Waals surface area (Å²) in [4.78, 5) is 28.2. The van der Waals surface area contributed by atoms with Crippen LogP contribution < -0.4 is 9.62 Å². The lowest BCUT2D eigenvalue weighted by Gasteiger charge is -2.32. The predicted octanol–water partition coefficient (Wildman–Crippen LogP) is 6.20. The third-order valence-electron chi connectivity index (χ3n) is 6.06. The van der Waals surface area contributed by atoms with Gasteiger partial charge in [0.15, 0.2) is 0 Å². The monoisotopic (exact) mass is 653 g/mol. The molecule has 3 rings (SSSR count). The molecule has 0 aliphatic carbocycles. The number of nitrogens with one attached hydrogen (secondary N) is 1. The van der Waals surface area contributed by atoms with Crippen molar-refractivity contribution in [2.45, 2.75) is 44.7 Å². The number of amides is 2. The lowest BCUT2D eigenvalue weighted by atomic mass is 10.1. The number of nitrogens with zero attached hydrogens (tertiary/aromatic N) is 2. The molecular formula is C28H30BrCl2N3O4S. The molecule has 39 heavy (non-hydrogen) atoms. The first-order valence-corrected chi connectivity index (χ1v) is 15.3. The topological polar surface area (TPSA) is 86.8 Å². The number of rotatable bonds is 11. The van der Waals surface area contributed by atoms with Gasteiger partial charge in [0.05, 0.1) is 20.6 Å². The van der Waals surface area contributed by atoms with E-state index in [0.717, 1.165) is 20.8 Å². The van der Waals surface area contributed by atoms with Crippen molar-refractivity contribution in [2.24, 2.45) is 0 Å². The molecule has 0 aliphatic rings. The third-order valence-corrected chi connectivity index (χ3v) is 9.11. The zero-order valence-corrected chi connectivity index (χ0v) is 25.7. The Kier molecular flexibility index (Phi) is 10.8. The maximum absolute atomic E-state index is 13.9. The number of sulfonamides is 1. The molecule has 0 fully saturated rings. The molecule has 208 valence electrons. The zero-order valence-electron chi connectivity index (χ0n) is 21.8. The zero-order chi connectivity index (χ0) is 28.7. The van der Waals surface area contributed by atoms with Gasteiger partial charge in [0.2, 0.25) is 11.8 Å². The van der Waals surface area contributed by atoms with Crippen LogP contribution in [0.3, 0.4) is 0 Å². The fraction of sp³-hybridized carbons (Fsp3) is 0.286.